The second-order valence-electron chi connectivity index (χ2n) is 4.89. The lowest BCUT2D eigenvalue weighted by atomic mass is 10.1. The summed E-state index contributed by atoms with van der Waals surface area (Å²) in [5.74, 6) is -0.818. The summed E-state index contributed by atoms with van der Waals surface area (Å²) < 4.78 is 5.70. The summed E-state index contributed by atoms with van der Waals surface area (Å²) in [6.45, 7) is 1.98. The summed E-state index contributed by atoms with van der Waals surface area (Å²) in [6, 6.07) is 4.55. The Morgan fingerprint density at radius 1 is 1.40 bits per heavy atom. The zero-order valence-electron chi connectivity index (χ0n) is 11.1. The van der Waals surface area contributed by atoms with Crippen molar-refractivity contribution in [3.05, 3.63) is 33.8 Å². The molecule has 1 unspecified atom stereocenters. The molecule has 0 saturated carbocycles. The summed E-state index contributed by atoms with van der Waals surface area (Å²) in [6.07, 6.45) is 0.916. The first-order valence-electron chi connectivity index (χ1n) is 6.33. The van der Waals surface area contributed by atoms with E-state index >= 15 is 0 Å². The lowest BCUT2D eigenvalue weighted by Crippen LogP contribution is -2.29. The normalized spacial score (nSPS) is 18.3. The predicted octanol–water partition coefficient (Wildman–Crippen LogP) is 2.26. The minimum Gasteiger partial charge on any atom is -0.478 e. The molecule has 0 bridgehead atoms. The summed E-state index contributed by atoms with van der Waals surface area (Å²) in [5.41, 5.74) is 0.505. The number of halogens is 1. The Kier molecular flexibility index (Phi) is 4.77. The van der Waals surface area contributed by atoms with Gasteiger partial charge in [-0.2, -0.15) is 0 Å². The largest absolute Gasteiger partial charge is 0.478 e. The van der Waals surface area contributed by atoms with Gasteiger partial charge in [-0.05, 0) is 24.6 Å². The van der Waals surface area contributed by atoms with Crippen molar-refractivity contribution in [3.8, 4) is 0 Å². The van der Waals surface area contributed by atoms with E-state index in [2.05, 4.69) is 15.9 Å². The van der Waals surface area contributed by atoms with Crippen LogP contribution in [0.4, 0.5) is 0 Å². The second-order valence-corrected chi connectivity index (χ2v) is 5.81. The molecule has 1 aromatic carbocycles. The van der Waals surface area contributed by atoms with Crippen molar-refractivity contribution in [1.82, 2.24) is 4.90 Å². The molecule has 2 rings (SSSR count). The van der Waals surface area contributed by atoms with Crippen LogP contribution in [0.25, 0.3) is 0 Å². The molecular weight excluding hydrogens is 326 g/mol. The molecule has 0 aliphatic carbocycles. The molecule has 20 heavy (non-hydrogen) atoms. The number of carboxylic acids is 1. The van der Waals surface area contributed by atoms with E-state index in [4.69, 9.17) is 9.84 Å². The van der Waals surface area contributed by atoms with E-state index in [-0.39, 0.29) is 11.5 Å². The van der Waals surface area contributed by atoms with E-state index in [0.717, 1.165) is 6.42 Å². The molecule has 1 aliphatic rings. The van der Waals surface area contributed by atoms with Gasteiger partial charge in [0.05, 0.1) is 12.2 Å². The smallest absolute Gasteiger partial charge is 0.335 e. The topological polar surface area (TPSA) is 66.8 Å². The van der Waals surface area contributed by atoms with Crippen LogP contribution in [0.2, 0.25) is 0 Å². The fraction of sp³-hybridized carbons (Fsp3) is 0.429. The van der Waals surface area contributed by atoms with Gasteiger partial charge in [0.25, 0.3) is 5.91 Å². The molecule has 1 aromatic rings. The van der Waals surface area contributed by atoms with Gasteiger partial charge in [-0.15, -0.1) is 0 Å². The second kappa shape index (κ2) is 6.37. The Morgan fingerprint density at radius 2 is 2.10 bits per heavy atom. The number of rotatable bonds is 4. The Labute approximate surface area is 125 Å². The maximum atomic E-state index is 12.4. The van der Waals surface area contributed by atoms with Gasteiger partial charge in [-0.3, -0.25) is 4.79 Å². The first-order valence-corrected chi connectivity index (χ1v) is 7.12. The highest BCUT2D eigenvalue weighted by atomic mass is 79.9. The number of carboxylic acid groups (broad SMARTS) is 1. The summed E-state index contributed by atoms with van der Waals surface area (Å²) in [4.78, 5) is 25.2. The molecule has 1 saturated heterocycles. The molecule has 0 spiro atoms. The van der Waals surface area contributed by atoms with Gasteiger partial charge < -0.3 is 14.7 Å². The molecule has 1 atom stereocenters. The fourth-order valence-corrected chi connectivity index (χ4v) is 2.90. The van der Waals surface area contributed by atoms with Crippen LogP contribution in [0.5, 0.6) is 0 Å². The minimum absolute atomic E-state index is 0.107. The Balaban J connectivity index is 2.15. The molecule has 6 heteroatoms. The van der Waals surface area contributed by atoms with Crippen LogP contribution in [-0.4, -0.2) is 48.7 Å². The van der Waals surface area contributed by atoms with Crippen molar-refractivity contribution in [2.75, 3.05) is 26.8 Å². The molecule has 0 aromatic heterocycles. The minimum atomic E-state index is -1.04. The number of nitrogens with zero attached hydrogens (tertiary/aromatic N) is 1. The molecule has 1 N–H and O–H groups in total. The number of hydrogen-bond donors (Lipinski definition) is 1. The van der Waals surface area contributed by atoms with E-state index < -0.39 is 5.97 Å². The number of benzene rings is 1. The van der Waals surface area contributed by atoms with Gasteiger partial charge in [0, 0.05) is 36.2 Å². The summed E-state index contributed by atoms with van der Waals surface area (Å²) in [5, 5.41) is 9.03. The van der Waals surface area contributed by atoms with Crippen molar-refractivity contribution in [2.45, 2.75) is 6.42 Å². The van der Waals surface area contributed by atoms with Crippen molar-refractivity contribution in [1.29, 1.82) is 0 Å². The number of amides is 1. The van der Waals surface area contributed by atoms with E-state index in [9.17, 15) is 9.59 Å². The van der Waals surface area contributed by atoms with Crippen molar-refractivity contribution >= 4 is 27.8 Å². The molecule has 1 fully saturated rings. The van der Waals surface area contributed by atoms with E-state index in [1.807, 2.05) is 0 Å². The van der Waals surface area contributed by atoms with Crippen LogP contribution in [0, 0.1) is 5.92 Å². The van der Waals surface area contributed by atoms with Gasteiger partial charge in [0.2, 0.25) is 0 Å². The zero-order valence-corrected chi connectivity index (χ0v) is 12.7. The van der Waals surface area contributed by atoms with Crippen molar-refractivity contribution in [3.63, 3.8) is 0 Å². The van der Waals surface area contributed by atoms with Crippen LogP contribution >= 0.6 is 15.9 Å². The first-order chi connectivity index (χ1) is 9.51. The quantitative estimate of drug-likeness (QED) is 0.912. The number of methoxy groups -OCH3 is 1. The molecule has 1 aliphatic heterocycles. The monoisotopic (exact) mass is 341 g/mol. The van der Waals surface area contributed by atoms with Gasteiger partial charge in [0.15, 0.2) is 0 Å². The SMILES string of the molecule is COCC1CCN(C(=O)c2cc(Br)cc(C(=O)O)c2)C1. The Morgan fingerprint density at radius 3 is 2.75 bits per heavy atom. The lowest BCUT2D eigenvalue weighted by molar-refractivity contribution is 0.0697. The highest BCUT2D eigenvalue weighted by Crippen LogP contribution is 2.22. The van der Waals surface area contributed by atoms with Crippen molar-refractivity contribution < 1.29 is 19.4 Å². The molecular formula is C14H16BrNO4. The van der Waals surface area contributed by atoms with Crippen LogP contribution in [-0.2, 0) is 4.74 Å². The Bertz CT molecular complexity index is 532. The van der Waals surface area contributed by atoms with E-state index in [1.165, 1.54) is 12.1 Å². The van der Waals surface area contributed by atoms with Gasteiger partial charge >= 0.3 is 5.97 Å². The van der Waals surface area contributed by atoms with E-state index in [1.54, 1.807) is 18.1 Å². The summed E-state index contributed by atoms with van der Waals surface area (Å²) >= 11 is 3.24. The van der Waals surface area contributed by atoms with Crippen LogP contribution in [0.15, 0.2) is 22.7 Å². The third-order valence-electron chi connectivity index (χ3n) is 3.37. The highest BCUT2D eigenvalue weighted by molar-refractivity contribution is 9.10. The van der Waals surface area contributed by atoms with E-state index in [0.29, 0.717) is 35.7 Å². The summed E-state index contributed by atoms with van der Waals surface area (Å²) in [7, 11) is 1.65. The maximum absolute atomic E-state index is 12.4. The standard InChI is InChI=1S/C14H16BrNO4/c1-20-8-9-2-3-16(7-9)13(17)10-4-11(14(18)19)6-12(15)5-10/h4-6,9H,2-3,7-8H2,1H3,(H,18,19). The maximum Gasteiger partial charge on any atom is 0.335 e. The van der Waals surface area contributed by atoms with Crippen LogP contribution in [0.1, 0.15) is 27.1 Å². The molecule has 1 heterocycles. The predicted molar refractivity (Wildman–Crippen MR) is 77.0 cm³/mol. The number of aromatic carboxylic acids is 1. The zero-order chi connectivity index (χ0) is 14.7. The molecule has 0 radical (unpaired) electrons. The average Bonchev–Trinajstić information content (AvgIpc) is 2.86. The number of carbonyl (C=O) groups excluding carboxylic acids is 1. The average molecular weight is 342 g/mol. The van der Waals surface area contributed by atoms with Gasteiger partial charge in [-0.1, -0.05) is 15.9 Å². The lowest BCUT2D eigenvalue weighted by Gasteiger charge is -2.17. The van der Waals surface area contributed by atoms with Crippen LogP contribution in [0.3, 0.4) is 0 Å². The third-order valence-corrected chi connectivity index (χ3v) is 3.82. The first kappa shape index (κ1) is 15.0. The van der Waals surface area contributed by atoms with Crippen LogP contribution < -0.4 is 0 Å². The molecule has 1 amide bonds. The molecule has 108 valence electrons. The third kappa shape index (κ3) is 3.37. The Hall–Kier alpha value is -1.40. The van der Waals surface area contributed by atoms with Crippen molar-refractivity contribution in [2.24, 2.45) is 5.92 Å². The number of carbonyl (C=O) groups is 2. The number of ether oxygens (including phenoxy) is 1. The number of hydrogen-bond acceptors (Lipinski definition) is 3. The van der Waals surface area contributed by atoms with Gasteiger partial charge in [0.1, 0.15) is 0 Å². The number of likely N-dealkylation sites (tertiary alicyclic amines) is 1. The fourth-order valence-electron chi connectivity index (χ4n) is 2.41. The molecule has 5 nitrogen and oxygen atoms in total. The van der Waals surface area contributed by atoms with Gasteiger partial charge in [-0.25, -0.2) is 4.79 Å². The highest BCUT2D eigenvalue weighted by Gasteiger charge is 2.27.